The van der Waals surface area contributed by atoms with Crippen LogP contribution in [-0.4, -0.2) is 24.9 Å². The van der Waals surface area contributed by atoms with Crippen molar-refractivity contribution in [3.8, 4) is 0 Å². The van der Waals surface area contributed by atoms with Gasteiger partial charge < -0.3 is 16.4 Å². The quantitative estimate of drug-likeness (QED) is 0.675. The number of nitrogens with one attached hydrogen (secondary N) is 2. The maximum Gasteiger partial charge on any atom is 0.246 e. The van der Waals surface area contributed by atoms with Crippen LogP contribution >= 0.6 is 11.6 Å². The number of amides is 2. The minimum atomic E-state index is -0.622. The third-order valence-corrected chi connectivity index (χ3v) is 2.89. The molecular weight excluding hydrogens is 254 g/mol. The summed E-state index contributed by atoms with van der Waals surface area (Å²) in [5.74, 6) is -0.297. The molecule has 0 saturated carbocycles. The van der Waals surface area contributed by atoms with E-state index in [1.807, 2.05) is 6.92 Å². The van der Waals surface area contributed by atoms with Crippen LogP contribution in [0.15, 0.2) is 18.2 Å². The first kappa shape index (κ1) is 14.5. The highest BCUT2D eigenvalue weighted by Crippen LogP contribution is 2.19. The topological polar surface area (TPSA) is 84.2 Å². The molecule has 0 spiro atoms. The summed E-state index contributed by atoms with van der Waals surface area (Å²) in [5, 5.41) is 5.77. The largest absolute Gasteiger partial charge is 0.347 e. The van der Waals surface area contributed by atoms with Crippen molar-refractivity contribution >= 4 is 29.6 Å². The van der Waals surface area contributed by atoms with E-state index in [0.717, 1.165) is 5.56 Å². The van der Waals surface area contributed by atoms with Crippen molar-refractivity contribution in [1.29, 1.82) is 0 Å². The first-order chi connectivity index (χ1) is 8.58. The maximum atomic E-state index is 11.9. The summed E-state index contributed by atoms with van der Waals surface area (Å²) in [6.07, 6.45) is 0.879. The van der Waals surface area contributed by atoms with Crippen molar-refractivity contribution in [3.05, 3.63) is 28.8 Å². The Hall–Kier alpha value is -1.59. The van der Waals surface area contributed by atoms with Gasteiger partial charge in [0.2, 0.25) is 12.3 Å². The number of rotatable bonds is 6. The molecule has 0 aliphatic heterocycles. The zero-order valence-electron chi connectivity index (χ0n) is 10.1. The predicted octanol–water partition coefficient (Wildman–Crippen LogP) is 1.05. The van der Waals surface area contributed by atoms with Gasteiger partial charge in [-0.05, 0) is 43.7 Å². The van der Waals surface area contributed by atoms with Crippen molar-refractivity contribution in [2.45, 2.75) is 19.4 Å². The van der Waals surface area contributed by atoms with Gasteiger partial charge >= 0.3 is 0 Å². The van der Waals surface area contributed by atoms with E-state index < -0.39 is 6.04 Å². The van der Waals surface area contributed by atoms with Crippen LogP contribution in [-0.2, 0) is 9.59 Å². The van der Waals surface area contributed by atoms with Gasteiger partial charge in [-0.15, -0.1) is 0 Å². The Balaban J connectivity index is 2.72. The second-order valence-electron chi connectivity index (χ2n) is 3.87. The molecule has 98 valence electrons. The summed E-state index contributed by atoms with van der Waals surface area (Å²) < 4.78 is 0. The molecule has 4 N–H and O–H groups in total. The SMILES string of the molecule is Cc1cc(NC(=O)[C@H](CCN)NC=O)ccc1Cl. The summed E-state index contributed by atoms with van der Waals surface area (Å²) in [6, 6.07) is 4.55. The van der Waals surface area contributed by atoms with Crippen LogP contribution in [0.25, 0.3) is 0 Å². The summed E-state index contributed by atoms with van der Waals surface area (Å²) in [5.41, 5.74) is 6.89. The molecule has 5 nitrogen and oxygen atoms in total. The van der Waals surface area contributed by atoms with Crippen LogP contribution in [0.1, 0.15) is 12.0 Å². The number of anilines is 1. The van der Waals surface area contributed by atoms with E-state index in [2.05, 4.69) is 10.6 Å². The Kier molecular flexibility index (Phi) is 5.61. The van der Waals surface area contributed by atoms with Crippen molar-refractivity contribution in [2.24, 2.45) is 5.73 Å². The van der Waals surface area contributed by atoms with Crippen LogP contribution in [0, 0.1) is 6.92 Å². The lowest BCUT2D eigenvalue weighted by molar-refractivity contribution is -0.121. The van der Waals surface area contributed by atoms with Crippen LogP contribution in [0.3, 0.4) is 0 Å². The van der Waals surface area contributed by atoms with E-state index >= 15 is 0 Å². The molecule has 1 aromatic carbocycles. The van der Waals surface area contributed by atoms with Gasteiger partial charge in [-0.25, -0.2) is 0 Å². The number of halogens is 1. The van der Waals surface area contributed by atoms with Crippen molar-refractivity contribution < 1.29 is 9.59 Å². The first-order valence-corrected chi connectivity index (χ1v) is 5.93. The lowest BCUT2D eigenvalue weighted by atomic mass is 10.1. The number of benzene rings is 1. The Labute approximate surface area is 111 Å². The molecule has 0 unspecified atom stereocenters. The van der Waals surface area contributed by atoms with E-state index in [-0.39, 0.29) is 5.91 Å². The second kappa shape index (κ2) is 6.98. The van der Waals surface area contributed by atoms with E-state index in [9.17, 15) is 9.59 Å². The fourth-order valence-corrected chi connectivity index (χ4v) is 1.61. The minimum absolute atomic E-state index is 0.297. The Bertz CT molecular complexity index is 437. The van der Waals surface area contributed by atoms with Crippen LogP contribution in [0.5, 0.6) is 0 Å². The molecule has 0 aromatic heterocycles. The molecule has 6 heteroatoms. The van der Waals surface area contributed by atoms with Gasteiger partial charge in [0.05, 0.1) is 0 Å². The van der Waals surface area contributed by atoms with Gasteiger partial charge in [0.15, 0.2) is 0 Å². The molecule has 0 fully saturated rings. The lowest BCUT2D eigenvalue weighted by Gasteiger charge is -2.15. The zero-order chi connectivity index (χ0) is 13.5. The molecule has 0 aliphatic carbocycles. The van der Waals surface area contributed by atoms with Gasteiger partial charge in [0, 0.05) is 10.7 Å². The van der Waals surface area contributed by atoms with Crippen LogP contribution in [0.2, 0.25) is 5.02 Å². The average molecular weight is 270 g/mol. The highest BCUT2D eigenvalue weighted by atomic mass is 35.5. The predicted molar refractivity (Wildman–Crippen MR) is 71.5 cm³/mol. The third kappa shape index (κ3) is 4.01. The Morgan fingerprint density at radius 2 is 2.28 bits per heavy atom. The van der Waals surface area contributed by atoms with Gasteiger partial charge in [-0.1, -0.05) is 11.6 Å². The van der Waals surface area contributed by atoms with Gasteiger partial charge in [-0.3, -0.25) is 9.59 Å². The highest BCUT2D eigenvalue weighted by molar-refractivity contribution is 6.31. The van der Waals surface area contributed by atoms with Crippen LogP contribution < -0.4 is 16.4 Å². The summed E-state index contributed by atoms with van der Waals surface area (Å²) in [7, 11) is 0. The van der Waals surface area contributed by atoms with Gasteiger partial charge in [-0.2, -0.15) is 0 Å². The number of nitrogens with two attached hydrogens (primary N) is 1. The number of aryl methyl sites for hydroxylation is 1. The molecule has 0 bridgehead atoms. The smallest absolute Gasteiger partial charge is 0.246 e. The molecule has 2 amide bonds. The molecule has 0 radical (unpaired) electrons. The maximum absolute atomic E-state index is 11.9. The van der Waals surface area contributed by atoms with Crippen molar-refractivity contribution in [3.63, 3.8) is 0 Å². The van der Waals surface area contributed by atoms with E-state index in [1.54, 1.807) is 18.2 Å². The molecule has 18 heavy (non-hydrogen) atoms. The number of hydrogen-bond acceptors (Lipinski definition) is 3. The summed E-state index contributed by atoms with van der Waals surface area (Å²) in [4.78, 5) is 22.3. The number of carbonyl (C=O) groups is 2. The zero-order valence-corrected chi connectivity index (χ0v) is 10.8. The van der Waals surface area contributed by atoms with E-state index in [1.165, 1.54) is 0 Å². The minimum Gasteiger partial charge on any atom is -0.347 e. The number of hydrogen-bond donors (Lipinski definition) is 3. The summed E-state index contributed by atoms with van der Waals surface area (Å²) in [6.45, 7) is 2.16. The molecule has 0 aliphatic rings. The summed E-state index contributed by atoms with van der Waals surface area (Å²) >= 11 is 5.89. The Morgan fingerprint density at radius 3 is 2.83 bits per heavy atom. The van der Waals surface area contributed by atoms with Crippen LogP contribution in [0.4, 0.5) is 5.69 Å². The standard InChI is InChI=1S/C12H16ClN3O2/c1-8-6-9(2-3-10(8)13)16-12(18)11(4-5-14)15-7-17/h2-3,6-7,11H,4-5,14H2,1H3,(H,15,17)(H,16,18)/t11-/m0/s1. The molecule has 0 saturated heterocycles. The van der Waals surface area contributed by atoms with Crippen molar-refractivity contribution in [1.82, 2.24) is 5.32 Å². The molecule has 1 atom stereocenters. The molecule has 0 heterocycles. The molecular formula is C12H16ClN3O2. The fraction of sp³-hybridized carbons (Fsp3) is 0.333. The van der Waals surface area contributed by atoms with E-state index in [0.29, 0.717) is 30.1 Å². The molecule has 1 rings (SSSR count). The van der Waals surface area contributed by atoms with Gasteiger partial charge in [0.1, 0.15) is 6.04 Å². The van der Waals surface area contributed by atoms with E-state index in [4.69, 9.17) is 17.3 Å². The average Bonchev–Trinajstić information content (AvgIpc) is 2.33. The first-order valence-electron chi connectivity index (χ1n) is 5.55. The lowest BCUT2D eigenvalue weighted by Crippen LogP contribution is -2.41. The normalized spacial score (nSPS) is 11.7. The van der Waals surface area contributed by atoms with Gasteiger partial charge in [0.25, 0.3) is 0 Å². The van der Waals surface area contributed by atoms with Crippen molar-refractivity contribution in [2.75, 3.05) is 11.9 Å². The molecule has 1 aromatic rings. The monoisotopic (exact) mass is 269 g/mol. The fourth-order valence-electron chi connectivity index (χ4n) is 1.49. The number of carbonyl (C=O) groups excluding carboxylic acids is 2. The second-order valence-corrected chi connectivity index (χ2v) is 4.27. The highest BCUT2D eigenvalue weighted by Gasteiger charge is 2.16. The third-order valence-electron chi connectivity index (χ3n) is 2.47. The Morgan fingerprint density at radius 1 is 1.56 bits per heavy atom.